The highest BCUT2D eigenvalue weighted by Crippen LogP contribution is 2.18. The minimum absolute atomic E-state index is 0.794. The maximum atomic E-state index is 4.67. The van der Waals surface area contributed by atoms with Gasteiger partial charge >= 0.3 is 0 Å². The van der Waals surface area contributed by atoms with Gasteiger partial charge in [0, 0.05) is 6.42 Å². The predicted octanol–water partition coefficient (Wildman–Crippen LogP) is 2.62. The van der Waals surface area contributed by atoms with Crippen LogP contribution >= 0.6 is 11.3 Å². The van der Waals surface area contributed by atoms with E-state index in [4.69, 9.17) is 0 Å². The molecule has 0 atom stereocenters. The van der Waals surface area contributed by atoms with Gasteiger partial charge in [-0.05, 0) is 18.7 Å². The lowest BCUT2D eigenvalue weighted by molar-refractivity contribution is 0.286. The molecule has 2 aromatic heterocycles. The molecule has 3 rings (SSSR count). The fraction of sp³-hybridized carbons (Fsp3) is 0.400. The summed E-state index contributed by atoms with van der Waals surface area (Å²) in [5, 5.41) is 14.3. The molecule has 0 aliphatic carbocycles. The van der Waals surface area contributed by atoms with Crippen molar-refractivity contribution < 1.29 is 0 Å². The fourth-order valence-electron chi connectivity index (χ4n) is 2.28. The molecule has 21 heavy (non-hydrogen) atoms. The number of fused-ring (bicyclic) bond motifs is 1. The molecule has 110 valence electrons. The van der Waals surface area contributed by atoms with Crippen molar-refractivity contribution in [2.45, 2.75) is 26.8 Å². The zero-order chi connectivity index (χ0) is 14.7. The largest absolute Gasteiger partial charge is 0.296 e. The van der Waals surface area contributed by atoms with Gasteiger partial charge in [0.05, 0.1) is 6.54 Å². The van der Waals surface area contributed by atoms with Crippen LogP contribution in [0.1, 0.15) is 30.2 Å². The first-order valence-corrected chi connectivity index (χ1v) is 8.08. The molecular weight excluding hydrogens is 282 g/mol. The molecule has 0 radical (unpaired) electrons. The van der Waals surface area contributed by atoms with E-state index >= 15 is 0 Å². The minimum atomic E-state index is 0.794. The zero-order valence-corrected chi connectivity index (χ0v) is 13.2. The highest BCUT2D eigenvalue weighted by atomic mass is 32.1. The normalized spacial score (nSPS) is 11.6. The molecular formula is C15H19N5S. The Labute approximate surface area is 128 Å². The van der Waals surface area contributed by atoms with Crippen molar-refractivity contribution in [1.29, 1.82) is 0 Å². The summed E-state index contributed by atoms with van der Waals surface area (Å²) < 4.78 is 1.89. The predicted molar refractivity (Wildman–Crippen MR) is 84.5 cm³/mol. The summed E-state index contributed by atoms with van der Waals surface area (Å²) >= 11 is 1.61. The van der Waals surface area contributed by atoms with E-state index in [-0.39, 0.29) is 0 Å². The maximum absolute atomic E-state index is 4.67. The van der Waals surface area contributed by atoms with E-state index in [1.54, 1.807) is 11.3 Å². The first-order valence-electron chi connectivity index (χ1n) is 7.26. The summed E-state index contributed by atoms with van der Waals surface area (Å²) in [5.41, 5.74) is 1.27. The lowest BCUT2D eigenvalue weighted by Gasteiger charge is -2.15. The van der Waals surface area contributed by atoms with Gasteiger partial charge in [0.15, 0.2) is 5.82 Å². The Balaban J connectivity index is 1.82. The topological polar surface area (TPSA) is 46.3 Å². The van der Waals surface area contributed by atoms with Gasteiger partial charge < -0.3 is 0 Å². The molecule has 0 bridgehead atoms. The van der Waals surface area contributed by atoms with Crippen LogP contribution in [0.15, 0.2) is 30.3 Å². The van der Waals surface area contributed by atoms with Crippen molar-refractivity contribution in [3.05, 3.63) is 46.7 Å². The van der Waals surface area contributed by atoms with Crippen LogP contribution in [0.25, 0.3) is 4.96 Å². The van der Waals surface area contributed by atoms with Gasteiger partial charge in [-0.2, -0.15) is 9.61 Å². The maximum Gasteiger partial charge on any atom is 0.234 e. The Morgan fingerprint density at radius 2 is 1.86 bits per heavy atom. The molecule has 0 fully saturated rings. The van der Waals surface area contributed by atoms with E-state index in [1.165, 1.54) is 5.56 Å². The van der Waals surface area contributed by atoms with Gasteiger partial charge in [-0.15, -0.1) is 10.2 Å². The Kier molecular flexibility index (Phi) is 4.26. The smallest absolute Gasteiger partial charge is 0.234 e. The van der Waals surface area contributed by atoms with E-state index in [1.807, 2.05) is 10.6 Å². The lowest BCUT2D eigenvalue weighted by atomic mass is 10.2. The van der Waals surface area contributed by atoms with Crippen LogP contribution in [-0.2, 0) is 13.0 Å². The Morgan fingerprint density at radius 3 is 2.57 bits per heavy atom. The van der Waals surface area contributed by atoms with Crippen LogP contribution in [0.5, 0.6) is 0 Å². The van der Waals surface area contributed by atoms with Crippen LogP contribution < -0.4 is 0 Å². The van der Waals surface area contributed by atoms with Crippen LogP contribution in [-0.4, -0.2) is 37.8 Å². The third-order valence-corrected chi connectivity index (χ3v) is 4.45. The number of benzene rings is 1. The van der Waals surface area contributed by atoms with Crippen molar-refractivity contribution in [1.82, 2.24) is 24.7 Å². The first kappa shape index (κ1) is 14.2. The average Bonchev–Trinajstić information content (AvgIpc) is 3.06. The van der Waals surface area contributed by atoms with Crippen LogP contribution in [0.2, 0.25) is 0 Å². The molecule has 0 N–H and O–H groups in total. The molecule has 5 nitrogen and oxygen atoms in total. The Hall–Kier alpha value is -1.79. The van der Waals surface area contributed by atoms with E-state index in [9.17, 15) is 0 Å². The van der Waals surface area contributed by atoms with Crippen LogP contribution in [0.4, 0.5) is 0 Å². The summed E-state index contributed by atoms with van der Waals surface area (Å²) in [5.74, 6) is 0.921. The number of aromatic nitrogens is 4. The van der Waals surface area contributed by atoms with E-state index < -0.39 is 0 Å². The minimum Gasteiger partial charge on any atom is -0.296 e. The van der Waals surface area contributed by atoms with E-state index in [0.717, 1.165) is 41.8 Å². The van der Waals surface area contributed by atoms with Gasteiger partial charge in [-0.25, -0.2) is 0 Å². The quantitative estimate of drug-likeness (QED) is 0.702. The first-order chi connectivity index (χ1) is 10.3. The molecule has 6 heteroatoms. The summed E-state index contributed by atoms with van der Waals surface area (Å²) in [6, 6.07) is 10.4. The molecule has 3 aromatic rings. The SMILES string of the molecule is CCN(CC)Cc1nnc2sc(Cc3ccccc3)nn12. The molecule has 0 saturated heterocycles. The number of rotatable bonds is 6. The highest BCUT2D eigenvalue weighted by Gasteiger charge is 2.13. The number of nitrogens with zero attached hydrogens (tertiary/aromatic N) is 5. The van der Waals surface area contributed by atoms with Gasteiger partial charge in [0.2, 0.25) is 4.96 Å². The van der Waals surface area contributed by atoms with Gasteiger partial charge in [-0.1, -0.05) is 55.5 Å². The van der Waals surface area contributed by atoms with Crippen LogP contribution in [0.3, 0.4) is 0 Å². The molecule has 0 aliphatic rings. The third kappa shape index (κ3) is 3.11. The molecule has 0 saturated carbocycles. The van der Waals surface area contributed by atoms with Crippen molar-refractivity contribution in [3.63, 3.8) is 0 Å². The second kappa shape index (κ2) is 6.32. The second-order valence-corrected chi connectivity index (χ2v) is 5.97. The van der Waals surface area contributed by atoms with Crippen molar-refractivity contribution >= 4 is 16.3 Å². The third-order valence-electron chi connectivity index (χ3n) is 3.55. The Morgan fingerprint density at radius 1 is 1.10 bits per heavy atom. The van der Waals surface area contributed by atoms with Gasteiger partial charge in [0.25, 0.3) is 0 Å². The van der Waals surface area contributed by atoms with Gasteiger partial charge in [0.1, 0.15) is 5.01 Å². The van der Waals surface area contributed by atoms with Crippen molar-refractivity contribution in [2.24, 2.45) is 0 Å². The number of hydrogen-bond donors (Lipinski definition) is 0. The van der Waals surface area contributed by atoms with Crippen molar-refractivity contribution in [3.8, 4) is 0 Å². The standard InChI is InChI=1S/C15H19N5S/c1-3-19(4-2)11-13-16-17-15-20(13)18-14(21-15)10-12-8-6-5-7-9-12/h5-9H,3-4,10-11H2,1-2H3. The second-order valence-electron chi connectivity index (χ2n) is 4.93. The summed E-state index contributed by atoms with van der Waals surface area (Å²) in [4.78, 5) is 3.19. The molecule has 0 aliphatic heterocycles. The molecule has 1 aromatic carbocycles. The lowest BCUT2D eigenvalue weighted by Crippen LogP contribution is -2.23. The molecule has 0 unspecified atom stereocenters. The average molecular weight is 301 g/mol. The summed E-state index contributed by atoms with van der Waals surface area (Å²) in [6.07, 6.45) is 0.847. The zero-order valence-electron chi connectivity index (χ0n) is 12.4. The summed E-state index contributed by atoms with van der Waals surface area (Å²) in [6.45, 7) is 7.12. The van der Waals surface area contributed by atoms with Crippen molar-refractivity contribution in [2.75, 3.05) is 13.1 Å². The van der Waals surface area contributed by atoms with E-state index in [0.29, 0.717) is 0 Å². The number of hydrogen-bond acceptors (Lipinski definition) is 5. The molecule has 2 heterocycles. The fourth-order valence-corrected chi connectivity index (χ4v) is 3.17. The molecule has 0 amide bonds. The monoisotopic (exact) mass is 301 g/mol. The molecule has 0 spiro atoms. The van der Waals surface area contributed by atoms with Crippen LogP contribution in [0, 0.1) is 0 Å². The van der Waals surface area contributed by atoms with E-state index in [2.05, 4.69) is 58.3 Å². The Bertz CT molecular complexity index is 699. The van der Waals surface area contributed by atoms with Gasteiger partial charge in [-0.3, -0.25) is 4.90 Å². The highest BCUT2D eigenvalue weighted by molar-refractivity contribution is 7.16. The summed E-state index contributed by atoms with van der Waals surface area (Å²) in [7, 11) is 0.